The fraction of sp³-hybridized carbons (Fsp3) is 0.0556. The van der Waals surface area contributed by atoms with Crippen molar-refractivity contribution in [3.8, 4) is 0 Å². The molecule has 0 aliphatic carbocycles. The van der Waals surface area contributed by atoms with Gasteiger partial charge in [0.15, 0.2) is 11.6 Å². The maximum absolute atomic E-state index is 13.3. The van der Waals surface area contributed by atoms with Crippen molar-refractivity contribution in [1.82, 2.24) is 9.97 Å². The molecule has 0 aliphatic rings. The summed E-state index contributed by atoms with van der Waals surface area (Å²) in [5, 5.41) is 6.10. The number of carbonyl (C=O) groups excluding carboxylic acids is 1. The van der Waals surface area contributed by atoms with Gasteiger partial charge in [0.2, 0.25) is 5.95 Å². The first-order chi connectivity index (χ1) is 13.0. The Balaban J connectivity index is 1.82. The minimum Gasteiger partial charge on any atom is -0.465 e. The molecule has 1 aromatic heterocycles. The Hall–Kier alpha value is -3.26. The number of methoxy groups -OCH3 is 1. The predicted octanol–water partition coefficient (Wildman–Crippen LogP) is 4.68. The van der Waals surface area contributed by atoms with Crippen LogP contribution in [0.15, 0.2) is 48.7 Å². The van der Waals surface area contributed by atoms with E-state index in [1.807, 2.05) is 0 Å². The molecule has 0 spiro atoms. The highest BCUT2D eigenvalue weighted by atomic mass is 35.5. The van der Waals surface area contributed by atoms with E-state index in [1.165, 1.54) is 31.5 Å². The third kappa shape index (κ3) is 4.48. The lowest BCUT2D eigenvalue weighted by Crippen LogP contribution is -2.04. The molecule has 6 nitrogen and oxygen atoms in total. The highest BCUT2D eigenvalue weighted by Gasteiger charge is 2.11. The SMILES string of the molecule is COC(=O)c1ccc(Cl)c(Nc2nccc(Nc3ccc(F)c(F)c3)n2)c1. The third-order valence-corrected chi connectivity index (χ3v) is 3.81. The highest BCUT2D eigenvalue weighted by Crippen LogP contribution is 2.26. The number of hydrogen-bond donors (Lipinski definition) is 2. The topological polar surface area (TPSA) is 76.1 Å². The first-order valence-electron chi connectivity index (χ1n) is 7.66. The minimum atomic E-state index is -0.973. The zero-order valence-electron chi connectivity index (χ0n) is 14.0. The van der Waals surface area contributed by atoms with Gasteiger partial charge in [-0.2, -0.15) is 4.98 Å². The standard InChI is InChI=1S/C18H13ClF2N4O2/c1-27-17(26)10-2-4-12(19)15(8-10)24-18-22-7-6-16(25-18)23-11-3-5-13(20)14(21)9-11/h2-9H,1H3,(H2,22,23,24,25). The van der Waals surface area contributed by atoms with Crippen LogP contribution in [-0.4, -0.2) is 23.0 Å². The third-order valence-electron chi connectivity index (χ3n) is 3.48. The molecule has 138 valence electrons. The number of esters is 1. The fourth-order valence-electron chi connectivity index (χ4n) is 2.20. The van der Waals surface area contributed by atoms with E-state index < -0.39 is 17.6 Å². The normalized spacial score (nSPS) is 10.4. The lowest BCUT2D eigenvalue weighted by molar-refractivity contribution is 0.0601. The Bertz CT molecular complexity index is 1000. The van der Waals surface area contributed by atoms with E-state index in [4.69, 9.17) is 11.6 Å². The molecule has 9 heteroatoms. The van der Waals surface area contributed by atoms with E-state index in [9.17, 15) is 13.6 Å². The molecule has 0 atom stereocenters. The average Bonchev–Trinajstić information content (AvgIpc) is 2.66. The lowest BCUT2D eigenvalue weighted by atomic mass is 10.2. The van der Waals surface area contributed by atoms with Crippen LogP contribution in [0.1, 0.15) is 10.4 Å². The van der Waals surface area contributed by atoms with E-state index in [2.05, 4.69) is 25.3 Å². The van der Waals surface area contributed by atoms with Gasteiger partial charge in [-0.05, 0) is 36.4 Å². The molecule has 0 unspecified atom stereocenters. The molecule has 0 amide bonds. The van der Waals surface area contributed by atoms with Crippen molar-refractivity contribution in [2.24, 2.45) is 0 Å². The van der Waals surface area contributed by atoms with E-state index in [0.29, 0.717) is 27.8 Å². The fourth-order valence-corrected chi connectivity index (χ4v) is 2.36. The van der Waals surface area contributed by atoms with E-state index in [-0.39, 0.29) is 5.95 Å². The van der Waals surface area contributed by atoms with Crippen LogP contribution in [0.5, 0.6) is 0 Å². The van der Waals surface area contributed by atoms with Crippen molar-refractivity contribution in [3.05, 3.63) is 70.9 Å². The number of hydrogen-bond acceptors (Lipinski definition) is 6. The molecule has 0 saturated heterocycles. The Morgan fingerprint density at radius 2 is 1.89 bits per heavy atom. The number of carbonyl (C=O) groups is 1. The molecule has 2 aromatic carbocycles. The van der Waals surface area contributed by atoms with Crippen molar-refractivity contribution < 1.29 is 18.3 Å². The number of ether oxygens (including phenoxy) is 1. The van der Waals surface area contributed by atoms with Crippen molar-refractivity contribution in [1.29, 1.82) is 0 Å². The van der Waals surface area contributed by atoms with Crippen molar-refractivity contribution in [3.63, 3.8) is 0 Å². The molecule has 3 aromatic rings. The summed E-state index contributed by atoms with van der Waals surface area (Å²) in [4.78, 5) is 19.9. The number of nitrogens with one attached hydrogen (secondary N) is 2. The Morgan fingerprint density at radius 1 is 1.07 bits per heavy atom. The molecule has 0 fully saturated rings. The zero-order chi connectivity index (χ0) is 19.4. The molecule has 0 radical (unpaired) electrons. The number of halogens is 3. The second kappa shape index (κ2) is 7.96. The van der Waals surface area contributed by atoms with Crippen LogP contribution in [0, 0.1) is 11.6 Å². The first-order valence-corrected chi connectivity index (χ1v) is 8.04. The van der Waals surface area contributed by atoms with Gasteiger partial charge in [-0.1, -0.05) is 11.6 Å². The molecule has 0 aliphatic heterocycles. The molecule has 27 heavy (non-hydrogen) atoms. The maximum Gasteiger partial charge on any atom is 0.337 e. The summed E-state index contributed by atoms with van der Waals surface area (Å²) in [5.41, 5.74) is 1.04. The first kappa shape index (κ1) is 18.5. The Morgan fingerprint density at radius 3 is 2.63 bits per heavy atom. The second-order valence-electron chi connectivity index (χ2n) is 5.33. The number of benzene rings is 2. The van der Waals surface area contributed by atoms with Gasteiger partial charge >= 0.3 is 5.97 Å². The number of aromatic nitrogens is 2. The van der Waals surface area contributed by atoms with Crippen LogP contribution in [-0.2, 0) is 4.74 Å². The van der Waals surface area contributed by atoms with Crippen LogP contribution in [0.25, 0.3) is 0 Å². The molecular formula is C18H13ClF2N4O2. The van der Waals surface area contributed by atoms with E-state index >= 15 is 0 Å². The van der Waals surface area contributed by atoms with Crippen molar-refractivity contribution >= 4 is 40.7 Å². The predicted molar refractivity (Wildman–Crippen MR) is 97.7 cm³/mol. The number of anilines is 4. The highest BCUT2D eigenvalue weighted by molar-refractivity contribution is 6.33. The Labute approximate surface area is 158 Å². The summed E-state index contributed by atoms with van der Waals surface area (Å²) in [7, 11) is 1.28. The molecular weight excluding hydrogens is 378 g/mol. The lowest BCUT2D eigenvalue weighted by Gasteiger charge is -2.10. The zero-order valence-corrected chi connectivity index (χ0v) is 14.7. The summed E-state index contributed by atoms with van der Waals surface area (Å²) in [6.07, 6.45) is 1.47. The van der Waals surface area contributed by atoms with Gasteiger partial charge in [0, 0.05) is 18.0 Å². The van der Waals surface area contributed by atoms with Crippen LogP contribution >= 0.6 is 11.6 Å². The second-order valence-corrected chi connectivity index (χ2v) is 5.74. The monoisotopic (exact) mass is 390 g/mol. The minimum absolute atomic E-state index is 0.187. The van der Waals surface area contributed by atoms with Gasteiger partial charge in [0.05, 0.1) is 23.4 Å². The van der Waals surface area contributed by atoms with Crippen molar-refractivity contribution in [2.45, 2.75) is 0 Å². The van der Waals surface area contributed by atoms with Gasteiger partial charge in [-0.15, -0.1) is 0 Å². The van der Waals surface area contributed by atoms with Gasteiger partial charge in [0.1, 0.15) is 5.82 Å². The van der Waals surface area contributed by atoms with E-state index in [1.54, 1.807) is 12.1 Å². The van der Waals surface area contributed by atoms with Crippen LogP contribution in [0.3, 0.4) is 0 Å². The molecule has 1 heterocycles. The quantitative estimate of drug-likeness (QED) is 0.616. The molecule has 0 saturated carbocycles. The molecule has 3 rings (SSSR count). The van der Waals surface area contributed by atoms with Crippen LogP contribution in [0.4, 0.5) is 31.9 Å². The van der Waals surface area contributed by atoms with Crippen molar-refractivity contribution in [2.75, 3.05) is 17.7 Å². The van der Waals surface area contributed by atoms with Gasteiger partial charge in [-0.25, -0.2) is 18.6 Å². The average molecular weight is 391 g/mol. The maximum atomic E-state index is 13.3. The summed E-state index contributed by atoms with van der Waals surface area (Å²) in [5.74, 6) is -1.89. The van der Waals surface area contributed by atoms with Gasteiger partial charge < -0.3 is 15.4 Å². The largest absolute Gasteiger partial charge is 0.465 e. The molecule has 0 bridgehead atoms. The number of rotatable bonds is 5. The summed E-state index contributed by atoms with van der Waals surface area (Å²) in [6, 6.07) is 9.54. The van der Waals surface area contributed by atoms with Crippen LogP contribution < -0.4 is 10.6 Å². The summed E-state index contributed by atoms with van der Waals surface area (Å²) >= 11 is 6.13. The van der Waals surface area contributed by atoms with E-state index in [0.717, 1.165) is 12.1 Å². The summed E-state index contributed by atoms with van der Waals surface area (Å²) < 4.78 is 31.0. The summed E-state index contributed by atoms with van der Waals surface area (Å²) in [6.45, 7) is 0. The van der Waals surface area contributed by atoms with Gasteiger partial charge in [0.25, 0.3) is 0 Å². The smallest absolute Gasteiger partial charge is 0.337 e. The van der Waals surface area contributed by atoms with Gasteiger partial charge in [-0.3, -0.25) is 0 Å². The Kier molecular flexibility index (Phi) is 5.46. The molecule has 2 N–H and O–H groups in total. The number of nitrogens with zero attached hydrogens (tertiary/aromatic N) is 2. The van der Waals surface area contributed by atoms with Crippen LogP contribution in [0.2, 0.25) is 5.02 Å².